The van der Waals surface area contributed by atoms with Gasteiger partial charge >= 0.3 is 10.4 Å². The maximum absolute atomic E-state index is 13.1. The van der Waals surface area contributed by atoms with E-state index in [-0.39, 0.29) is 12.5 Å². The van der Waals surface area contributed by atoms with E-state index in [9.17, 15) is 38.2 Å². The van der Waals surface area contributed by atoms with Gasteiger partial charge in [0.1, 0.15) is 24.4 Å². The molecule has 1 heterocycles. The second-order valence-electron chi connectivity index (χ2n) is 19.9. The van der Waals surface area contributed by atoms with Crippen LogP contribution in [0.2, 0.25) is 0 Å². The molecule has 0 aromatic carbocycles. The molecule has 1 fully saturated rings. The quantitative estimate of drug-likeness (QED) is 0.0251. The minimum atomic E-state index is -5.08. The highest BCUT2D eigenvalue weighted by Gasteiger charge is 2.48. The summed E-state index contributed by atoms with van der Waals surface area (Å²) >= 11 is 0. The predicted molar refractivity (Wildman–Crippen MR) is 269 cm³/mol. The Hall–Kier alpha value is -0.900. The van der Waals surface area contributed by atoms with Crippen LogP contribution >= 0.6 is 0 Å². The molecule has 0 bridgehead atoms. The molecule has 1 saturated heterocycles. The molecule has 13 heteroatoms. The molecule has 0 aromatic rings. The highest BCUT2D eigenvalue weighted by molar-refractivity contribution is 7.80. The molecular weight excluding hydrogens is 859 g/mol. The van der Waals surface area contributed by atoms with Crippen molar-refractivity contribution in [1.29, 1.82) is 0 Å². The van der Waals surface area contributed by atoms with Crippen LogP contribution in [-0.2, 0) is 28.9 Å². The van der Waals surface area contributed by atoms with Crippen LogP contribution in [-0.4, -0.2) is 95.4 Å². The third-order valence-electron chi connectivity index (χ3n) is 13.7. The van der Waals surface area contributed by atoms with Crippen molar-refractivity contribution in [3.63, 3.8) is 0 Å². The molecule has 0 spiro atoms. The van der Waals surface area contributed by atoms with Gasteiger partial charge < -0.3 is 35.2 Å². The van der Waals surface area contributed by atoms with Gasteiger partial charge in [-0.25, -0.2) is 4.18 Å². The first-order valence-electron chi connectivity index (χ1n) is 27.9. The highest BCUT2D eigenvalue weighted by atomic mass is 32.3. The van der Waals surface area contributed by atoms with E-state index in [1.54, 1.807) is 0 Å². The lowest BCUT2D eigenvalue weighted by Gasteiger charge is -2.41. The molecule has 6 N–H and O–H groups in total. The Labute approximate surface area is 405 Å². The average Bonchev–Trinajstić information content (AvgIpc) is 3.29. The summed E-state index contributed by atoms with van der Waals surface area (Å²) < 4.78 is 47.9. The Bertz CT molecular complexity index is 1180. The zero-order chi connectivity index (χ0) is 48.4. The Morgan fingerprint density at radius 2 is 0.879 bits per heavy atom. The number of hydrogen-bond acceptors (Lipinski definition) is 10. The molecule has 7 unspecified atom stereocenters. The second-order valence-corrected chi connectivity index (χ2v) is 20.9. The number of amides is 1. The van der Waals surface area contributed by atoms with Gasteiger partial charge in [0.25, 0.3) is 0 Å². The van der Waals surface area contributed by atoms with E-state index in [0.29, 0.717) is 12.8 Å². The first-order chi connectivity index (χ1) is 32.0. The van der Waals surface area contributed by atoms with E-state index >= 15 is 0 Å². The third-order valence-corrected chi connectivity index (χ3v) is 14.1. The van der Waals surface area contributed by atoms with E-state index < -0.39 is 59.9 Å². The number of rotatable bonds is 49. The van der Waals surface area contributed by atoms with E-state index in [2.05, 4.69) is 23.3 Å². The largest absolute Gasteiger partial charge is 0.397 e. The maximum Gasteiger partial charge on any atom is 0.397 e. The standard InChI is InChI=1S/C53H105NO11S/c1-3-5-7-9-11-13-15-17-19-21-22-23-24-25-27-28-30-32-34-36-38-40-42-47(56)46(45-63-53-51(59)52(65-66(60,61)62)50(58)48(44-55)64-53)54-49(57)43-41-39-37-35-33-31-29-26-20-18-16-14-12-10-8-6-4-2/h46-48,50-53,55-56,58-59H,3-45H2,1-2H3,(H,54,57)(H,60,61,62). The van der Waals surface area contributed by atoms with Crippen LogP contribution in [0.5, 0.6) is 0 Å². The predicted octanol–water partition coefficient (Wildman–Crippen LogP) is 12.5. The fourth-order valence-electron chi connectivity index (χ4n) is 9.35. The topological polar surface area (TPSA) is 192 Å². The average molecular weight is 964 g/mol. The van der Waals surface area contributed by atoms with Gasteiger partial charge in [0, 0.05) is 6.42 Å². The number of carbonyl (C=O) groups is 1. The van der Waals surface area contributed by atoms with E-state index in [4.69, 9.17) is 9.47 Å². The monoisotopic (exact) mass is 964 g/mol. The first-order valence-corrected chi connectivity index (χ1v) is 29.3. The summed E-state index contributed by atoms with van der Waals surface area (Å²) in [4.78, 5) is 13.1. The van der Waals surface area contributed by atoms with Crippen LogP contribution in [0.1, 0.15) is 277 Å². The number of carbonyl (C=O) groups excluding carboxylic acids is 1. The number of hydrogen-bond donors (Lipinski definition) is 6. The molecule has 0 aliphatic carbocycles. The van der Waals surface area contributed by atoms with Crippen LogP contribution in [0.25, 0.3) is 0 Å². The lowest BCUT2D eigenvalue weighted by molar-refractivity contribution is -0.298. The molecule has 0 radical (unpaired) electrons. The molecular formula is C53H105NO11S. The Morgan fingerprint density at radius 1 is 0.545 bits per heavy atom. The second kappa shape index (κ2) is 44.1. The normalized spacial score (nSPS) is 19.9. The van der Waals surface area contributed by atoms with Crippen molar-refractivity contribution in [3.8, 4) is 0 Å². The summed E-state index contributed by atoms with van der Waals surface area (Å²) in [5.41, 5.74) is 0. The van der Waals surface area contributed by atoms with Gasteiger partial charge in [-0.2, -0.15) is 8.42 Å². The van der Waals surface area contributed by atoms with Gasteiger partial charge in [0.15, 0.2) is 6.29 Å². The number of unbranched alkanes of at least 4 members (excludes halogenated alkanes) is 37. The fourth-order valence-corrected chi connectivity index (χ4v) is 9.85. The summed E-state index contributed by atoms with van der Waals surface area (Å²) in [6.45, 7) is 3.50. The highest BCUT2D eigenvalue weighted by Crippen LogP contribution is 2.26. The summed E-state index contributed by atoms with van der Waals surface area (Å²) in [5, 5.41) is 45.1. The van der Waals surface area contributed by atoms with Crippen molar-refractivity contribution in [2.45, 2.75) is 320 Å². The number of ether oxygens (including phenoxy) is 2. The van der Waals surface area contributed by atoms with Crippen molar-refractivity contribution in [3.05, 3.63) is 0 Å². The molecule has 0 aromatic heterocycles. The Balaban J connectivity index is 2.36. The number of aliphatic hydroxyl groups excluding tert-OH is 4. The SMILES string of the molecule is CCCCCCCCCCCCCCCCCCCCCCCCC(O)C(COC1OC(CO)C(O)C(OS(=O)(=O)O)C1O)NC(=O)CCCCCCCCCCCCCCCCCCC. The van der Waals surface area contributed by atoms with E-state index in [1.807, 2.05) is 0 Å². The van der Waals surface area contributed by atoms with Crippen molar-refractivity contribution in [1.82, 2.24) is 5.32 Å². The van der Waals surface area contributed by atoms with Crippen LogP contribution in [0.4, 0.5) is 0 Å². The van der Waals surface area contributed by atoms with Crippen molar-refractivity contribution >= 4 is 16.3 Å². The van der Waals surface area contributed by atoms with Gasteiger partial charge in [-0.05, 0) is 12.8 Å². The summed E-state index contributed by atoms with van der Waals surface area (Å²) in [6.07, 6.45) is 41.0. The molecule has 1 aliphatic heterocycles. The van der Waals surface area contributed by atoms with Crippen LogP contribution in [0, 0.1) is 0 Å². The molecule has 7 atom stereocenters. The molecule has 12 nitrogen and oxygen atoms in total. The van der Waals surface area contributed by atoms with Crippen LogP contribution in [0.15, 0.2) is 0 Å². The fraction of sp³-hybridized carbons (Fsp3) is 0.981. The third kappa shape index (κ3) is 36.1. The van der Waals surface area contributed by atoms with Crippen molar-refractivity contribution in [2.75, 3.05) is 13.2 Å². The van der Waals surface area contributed by atoms with Crippen LogP contribution in [0.3, 0.4) is 0 Å². The zero-order valence-electron chi connectivity index (χ0n) is 42.5. The minimum Gasteiger partial charge on any atom is -0.394 e. The van der Waals surface area contributed by atoms with Gasteiger partial charge in [-0.1, -0.05) is 258 Å². The molecule has 1 rings (SSSR count). The Morgan fingerprint density at radius 3 is 1.21 bits per heavy atom. The Kier molecular flexibility index (Phi) is 42.1. The maximum atomic E-state index is 13.1. The van der Waals surface area contributed by atoms with Gasteiger partial charge in [-0.3, -0.25) is 9.35 Å². The number of aliphatic hydroxyl groups is 4. The lowest BCUT2D eigenvalue weighted by Crippen LogP contribution is -2.61. The molecule has 1 aliphatic rings. The first kappa shape index (κ1) is 63.1. The molecule has 0 saturated carbocycles. The molecule has 66 heavy (non-hydrogen) atoms. The summed E-state index contributed by atoms with van der Waals surface area (Å²) in [6, 6.07) is -0.852. The number of nitrogens with one attached hydrogen (secondary N) is 1. The lowest BCUT2D eigenvalue weighted by atomic mass is 9.99. The minimum absolute atomic E-state index is 0.223. The van der Waals surface area contributed by atoms with Gasteiger partial charge in [-0.15, -0.1) is 0 Å². The van der Waals surface area contributed by atoms with Crippen molar-refractivity contribution in [2.24, 2.45) is 0 Å². The zero-order valence-corrected chi connectivity index (χ0v) is 43.4. The summed E-state index contributed by atoms with van der Waals surface area (Å²) in [5.74, 6) is -0.223. The van der Waals surface area contributed by atoms with E-state index in [1.165, 1.54) is 199 Å². The summed E-state index contributed by atoms with van der Waals surface area (Å²) in [7, 11) is -5.08. The van der Waals surface area contributed by atoms with E-state index in [0.717, 1.165) is 51.4 Å². The van der Waals surface area contributed by atoms with Gasteiger partial charge in [0.2, 0.25) is 5.91 Å². The van der Waals surface area contributed by atoms with Crippen LogP contribution < -0.4 is 5.32 Å². The van der Waals surface area contributed by atoms with Crippen molar-refractivity contribution < 1.29 is 51.8 Å². The molecule has 394 valence electrons. The smallest absolute Gasteiger partial charge is 0.394 e. The molecule has 1 amide bonds. The van der Waals surface area contributed by atoms with Gasteiger partial charge in [0.05, 0.1) is 25.4 Å².